The summed E-state index contributed by atoms with van der Waals surface area (Å²) in [5.41, 5.74) is 2.81. The SMILES string of the molecule is CCCOc1c(Br)cc(C(=O)N2CCCc3ccccc32)cc1OC. The Morgan fingerprint density at radius 3 is 2.84 bits per heavy atom. The van der Waals surface area contributed by atoms with Crippen LogP contribution in [0.3, 0.4) is 0 Å². The third-order valence-corrected chi connectivity index (χ3v) is 4.87. The quantitative estimate of drug-likeness (QED) is 0.716. The molecule has 3 rings (SSSR count). The third-order valence-electron chi connectivity index (χ3n) is 4.28. The smallest absolute Gasteiger partial charge is 0.258 e. The predicted octanol–water partition coefficient (Wildman–Crippen LogP) is 4.84. The first-order chi connectivity index (χ1) is 12.2. The molecule has 4 nitrogen and oxygen atoms in total. The third kappa shape index (κ3) is 3.66. The van der Waals surface area contributed by atoms with E-state index in [1.165, 1.54) is 5.56 Å². The Morgan fingerprint density at radius 2 is 2.08 bits per heavy atom. The number of methoxy groups -OCH3 is 1. The van der Waals surface area contributed by atoms with Crippen molar-refractivity contribution in [3.8, 4) is 11.5 Å². The zero-order valence-electron chi connectivity index (χ0n) is 14.5. The highest BCUT2D eigenvalue weighted by atomic mass is 79.9. The van der Waals surface area contributed by atoms with E-state index >= 15 is 0 Å². The lowest BCUT2D eigenvalue weighted by Crippen LogP contribution is -2.35. The molecule has 25 heavy (non-hydrogen) atoms. The molecule has 0 aromatic heterocycles. The van der Waals surface area contributed by atoms with E-state index in [9.17, 15) is 4.79 Å². The van der Waals surface area contributed by atoms with Crippen LogP contribution in [0.1, 0.15) is 35.7 Å². The molecule has 0 radical (unpaired) electrons. The molecule has 0 unspecified atom stereocenters. The molecule has 0 saturated carbocycles. The topological polar surface area (TPSA) is 38.8 Å². The lowest BCUT2D eigenvalue weighted by Gasteiger charge is -2.29. The highest BCUT2D eigenvalue weighted by Gasteiger charge is 2.25. The van der Waals surface area contributed by atoms with Crippen LogP contribution in [0.25, 0.3) is 0 Å². The molecule has 0 bridgehead atoms. The van der Waals surface area contributed by atoms with Gasteiger partial charge in [-0.2, -0.15) is 0 Å². The summed E-state index contributed by atoms with van der Waals surface area (Å²) in [6.07, 6.45) is 2.89. The second kappa shape index (κ2) is 7.91. The van der Waals surface area contributed by atoms with E-state index in [1.54, 1.807) is 13.2 Å². The number of hydrogen-bond acceptors (Lipinski definition) is 3. The number of carbonyl (C=O) groups excluding carboxylic acids is 1. The number of anilines is 1. The van der Waals surface area contributed by atoms with Gasteiger partial charge < -0.3 is 14.4 Å². The number of amides is 1. The summed E-state index contributed by atoms with van der Waals surface area (Å²) >= 11 is 3.52. The van der Waals surface area contributed by atoms with Crippen LogP contribution in [0.5, 0.6) is 11.5 Å². The summed E-state index contributed by atoms with van der Waals surface area (Å²) in [6.45, 7) is 3.37. The number of hydrogen-bond donors (Lipinski definition) is 0. The van der Waals surface area contributed by atoms with Crippen molar-refractivity contribution in [1.29, 1.82) is 0 Å². The van der Waals surface area contributed by atoms with Gasteiger partial charge in [0.15, 0.2) is 11.5 Å². The van der Waals surface area contributed by atoms with Crippen molar-refractivity contribution in [3.63, 3.8) is 0 Å². The van der Waals surface area contributed by atoms with Crippen molar-refractivity contribution < 1.29 is 14.3 Å². The number of carbonyl (C=O) groups is 1. The van der Waals surface area contributed by atoms with Crippen LogP contribution in [0, 0.1) is 0 Å². The second-order valence-electron chi connectivity index (χ2n) is 6.03. The molecule has 2 aromatic carbocycles. The van der Waals surface area contributed by atoms with Crippen molar-refractivity contribution in [2.75, 3.05) is 25.2 Å². The van der Waals surface area contributed by atoms with Gasteiger partial charge in [0.1, 0.15) is 0 Å². The highest BCUT2D eigenvalue weighted by molar-refractivity contribution is 9.10. The average Bonchev–Trinajstić information content (AvgIpc) is 2.65. The van der Waals surface area contributed by atoms with Crippen LogP contribution >= 0.6 is 15.9 Å². The minimum Gasteiger partial charge on any atom is -0.493 e. The minimum atomic E-state index is -0.0202. The number of fused-ring (bicyclic) bond motifs is 1. The molecule has 1 amide bonds. The Hall–Kier alpha value is -2.01. The van der Waals surface area contributed by atoms with E-state index in [0.717, 1.165) is 36.0 Å². The Kier molecular flexibility index (Phi) is 5.63. The number of para-hydroxylation sites is 1. The first-order valence-electron chi connectivity index (χ1n) is 8.55. The van der Waals surface area contributed by atoms with Crippen LogP contribution in [0.4, 0.5) is 5.69 Å². The number of aryl methyl sites for hydroxylation is 1. The zero-order chi connectivity index (χ0) is 17.8. The summed E-state index contributed by atoms with van der Waals surface area (Å²) < 4.78 is 11.9. The maximum absolute atomic E-state index is 13.1. The monoisotopic (exact) mass is 403 g/mol. The number of ether oxygens (including phenoxy) is 2. The normalized spacial score (nSPS) is 13.3. The Bertz CT molecular complexity index is 776. The van der Waals surface area contributed by atoms with E-state index in [-0.39, 0.29) is 5.91 Å². The number of halogens is 1. The first-order valence-corrected chi connectivity index (χ1v) is 9.35. The number of rotatable bonds is 5. The van der Waals surface area contributed by atoms with Crippen LogP contribution in [-0.2, 0) is 6.42 Å². The molecule has 2 aromatic rings. The maximum Gasteiger partial charge on any atom is 0.258 e. The maximum atomic E-state index is 13.1. The van der Waals surface area contributed by atoms with Crippen molar-refractivity contribution in [3.05, 3.63) is 52.0 Å². The molecule has 132 valence electrons. The van der Waals surface area contributed by atoms with Gasteiger partial charge in [0.2, 0.25) is 0 Å². The molecule has 1 aliphatic rings. The first kappa shape index (κ1) is 17.8. The van der Waals surface area contributed by atoms with Gasteiger partial charge in [0.25, 0.3) is 5.91 Å². The van der Waals surface area contributed by atoms with Gasteiger partial charge in [-0.1, -0.05) is 25.1 Å². The van der Waals surface area contributed by atoms with Crippen LogP contribution in [0.15, 0.2) is 40.9 Å². The summed E-state index contributed by atoms with van der Waals surface area (Å²) in [4.78, 5) is 15.0. The fraction of sp³-hybridized carbons (Fsp3) is 0.350. The van der Waals surface area contributed by atoms with Crippen molar-refractivity contribution in [2.45, 2.75) is 26.2 Å². The molecule has 1 heterocycles. The summed E-state index contributed by atoms with van der Waals surface area (Å²) in [5, 5.41) is 0. The number of nitrogens with zero attached hydrogens (tertiary/aromatic N) is 1. The van der Waals surface area contributed by atoms with Gasteiger partial charge in [-0.25, -0.2) is 0 Å². The largest absolute Gasteiger partial charge is 0.493 e. The van der Waals surface area contributed by atoms with Gasteiger partial charge >= 0.3 is 0 Å². The molecule has 0 saturated heterocycles. The molecule has 0 N–H and O–H groups in total. The highest BCUT2D eigenvalue weighted by Crippen LogP contribution is 2.38. The van der Waals surface area contributed by atoms with Crippen molar-refractivity contribution in [2.24, 2.45) is 0 Å². The van der Waals surface area contributed by atoms with Gasteiger partial charge in [-0.05, 0) is 59.0 Å². The van der Waals surface area contributed by atoms with Gasteiger partial charge in [-0.15, -0.1) is 0 Å². The molecule has 0 aliphatic carbocycles. The lowest BCUT2D eigenvalue weighted by atomic mass is 10.0. The van der Waals surface area contributed by atoms with E-state index < -0.39 is 0 Å². The fourth-order valence-corrected chi connectivity index (χ4v) is 3.64. The molecule has 0 atom stereocenters. The van der Waals surface area contributed by atoms with Crippen LogP contribution in [0.2, 0.25) is 0 Å². The van der Waals surface area contributed by atoms with E-state index in [2.05, 4.69) is 22.0 Å². The average molecular weight is 404 g/mol. The Balaban J connectivity index is 1.94. The van der Waals surface area contributed by atoms with Crippen LogP contribution < -0.4 is 14.4 Å². The zero-order valence-corrected chi connectivity index (χ0v) is 16.1. The Labute approximate surface area is 156 Å². The molecule has 0 fully saturated rings. The van der Waals surface area contributed by atoms with Crippen molar-refractivity contribution in [1.82, 2.24) is 0 Å². The van der Waals surface area contributed by atoms with E-state index in [1.807, 2.05) is 36.1 Å². The van der Waals surface area contributed by atoms with E-state index in [0.29, 0.717) is 23.7 Å². The summed E-state index contributed by atoms with van der Waals surface area (Å²) in [5.74, 6) is 1.18. The standard InChI is InChI=1S/C20H22BrNO3/c1-3-11-25-19-16(21)12-15(13-18(19)24-2)20(23)22-10-6-8-14-7-4-5-9-17(14)22/h4-5,7,9,12-13H,3,6,8,10-11H2,1-2H3. The summed E-state index contributed by atoms with van der Waals surface area (Å²) in [6, 6.07) is 11.7. The summed E-state index contributed by atoms with van der Waals surface area (Å²) in [7, 11) is 1.59. The van der Waals surface area contributed by atoms with Crippen molar-refractivity contribution >= 4 is 27.5 Å². The van der Waals surface area contributed by atoms with Crippen LogP contribution in [-0.4, -0.2) is 26.2 Å². The lowest BCUT2D eigenvalue weighted by molar-refractivity contribution is 0.0984. The Morgan fingerprint density at radius 1 is 1.28 bits per heavy atom. The minimum absolute atomic E-state index is 0.0202. The molecular formula is C20H22BrNO3. The molecule has 0 spiro atoms. The van der Waals surface area contributed by atoms with Gasteiger partial charge in [0.05, 0.1) is 18.2 Å². The predicted molar refractivity (Wildman–Crippen MR) is 103 cm³/mol. The van der Waals surface area contributed by atoms with E-state index in [4.69, 9.17) is 9.47 Å². The number of benzene rings is 2. The molecule has 5 heteroatoms. The molecule has 1 aliphatic heterocycles. The molecular weight excluding hydrogens is 382 g/mol. The second-order valence-corrected chi connectivity index (χ2v) is 6.88. The van der Waals surface area contributed by atoms with Gasteiger partial charge in [-0.3, -0.25) is 4.79 Å². The van der Waals surface area contributed by atoms with Gasteiger partial charge in [0, 0.05) is 17.8 Å². The fourth-order valence-electron chi connectivity index (χ4n) is 3.09.